The van der Waals surface area contributed by atoms with E-state index in [0.29, 0.717) is 6.61 Å². The quantitative estimate of drug-likeness (QED) is 0.750. The van der Waals surface area contributed by atoms with E-state index in [1.807, 2.05) is 6.92 Å². The van der Waals surface area contributed by atoms with Crippen molar-refractivity contribution in [2.45, 2.75) is 59.4 Å². The Morgan fingerprint density at radius 2 is 1.76 bits per heavy atom. The lowest BCUT2D eigenvalue weighted by atomic mass is 10.2. The molecule has 1 aromatic heterocycles. The molecule has 1 rings (SSSR count). The second-order valence-corrected chi connectivity index (χ2v) is 11.1. The predicted molar refractivity (Wildman–Crippen MR) is 75.7 cm³/mol. The normalized spacial score (nSPS) is 12.9. The van der Waals surface area contributed by atoms with Crippen molar-refractivity contribution >= 4 is 8.32 Å². The average molecular weight is 251 g/mol. The molecule has 1 heterocycles. The van der Waals surface area contributed by atoms with Gasteiger partial charge in [-0.1, -0.05) is 26.8 Å². The molecule has 17 heavy (non-hydrogen) atoms. The van der Waals surface area contributed by atoms with Crippen molar-refractivity contribution in [1.82, 2.24) is 4.98 Å². The molecular formula is C14H25NOSi. The molecule has 96 valence electrons. The molecule has 0 aliphatic carbocycles. The van der Waals surface area contributed by atoms with Crippen LogP contribution in [0.1, 0.15) is 37.7 Å². The maximum atomic E-state index is 6.15. The zero-order chi connectivity index (χ0) is 13.3. The van der Waals surface area contributed by atoms with Gasteiger partial charge in [0, 0.05) is 5.69 Å². The minimum Gasteiger partial charge on any atom is -0.411 e. The van der Waals surface area contributed by atoms with E-state index in [1.165, 1.54) is 5.56 Å². The van der Waals surface area contributed by atoms with Crippen LogP contribution >= 0.6 is 0 Å². The lowest BCUT2D eigenvalue weighted by Gasteiger charge is -2.36. The Labute approximate surface area is 107 Å². The van der Waals surface area contributed by atoms with Gasteiger partial charge in [0.05, 0.1) is 12.3 Å². The number of nitrogens with zero attached hydrogens (tertiary/aromatic N) is 1. The Morgan fingerprint density at radius 1 is 1.18 bits per heavy atom. The molecule has 0 aliphatic heterocycles. The van der Waals surface area contributed by atoms with Crippen LogP contribution in [0.5, 0.6) is 0 Å². The first-order chi connectivity index (χ1) is 7.63. The molecule has 0 fully saturated rings. The summed E-state index contributed by atoms with van der Waals surface area (Å²) in [4.78, 5) is 4.56. The summed E-state index contributed by atoms with van der Waals surface area (Å²) in [6, 6.07) is 4.18. The van der Waals surface area contributed by atoms with Gasteiger partial charge >= 0.3 is 0 Å². The summed E-state index contributed by atoms with van der Waals surface area (Å²) in [5.74, 6) is 0. The largest absolute Gasteiger partial charge is 0.411 e. The summed E-state index contributed by atoms with van der Waals surface area (Å²) >= 11 is 0. The highest BCUT2D eigenvalue weighted by atomic mass is 28.4. The Kier molecular flexibility index (Phi) is 4.15. The van der Waals surface area contributed by atoms with E-state index in [9.17, 15) is 0 Å². The van der Waals surface area contributed by atoms with Crippen molar-refractivity contribution < 1.29 is 4.43 Å². The van der Waals surface area contributed by atoms with E-state index < -0.39 is 8.32 Å². The zero-order valence-corrected chi connectivity index (χ0v) is 13.2. The first-order valence-corrected chi connectivity index (χ1v) is 9.11. The van der Waals surface area contributed by atoms with Crippen LogP contribution in [0.25, 0.3) is 0 Å². The lowest BCUT2D eigenvalue weighted by Crippen LogP contribution is -2.40. The van der Waals surface area contributed by atoms with Gasteiger partial charge in [0.2, 0.25) is 0 Å². The third-order valence-corrected chi connectivity index (χ3v) is 8.27. The summed E-state index contributed by atoms with van der Waals surface area (Å²) in [6.45, 7) is 16.1. The number of aromatic nitrogens is 1. The van der Waals surface area contributed by atoms with Gasteiger partial charge in [-0.25, -0.2) is 0 Å². The molecule has 0 bridgehead atoms. The lowest BCUT2D eigenvalue weighted by molar-refractivity contribution is 0.272. The molecule has 0 atom stereocenters. The Morgan fingerprint density at radius 3 is 2.24 bits per heavy atom. The second kappa shape index (κ2) is 4.90. The van der Waals surface area contributed by atoms with Crippen LogP contribution < -0.4 is 0 Å². The Balaban J connectivity index is 2.71. The van der Waals surface area contributed by atoms with Crippen LogP contribution in [0.3, 0.4) is 0 Å². The Bertz CT molecular complexity index is 394. The van der Waals surface area contributed by atoms with E-state index in [-0.39, 0.29) is 5.04 Å². The van der Waals surface area contributed by atoms with Crippen LogP contribution in [0, 0.1) is 13.8 Å². The molecule has 2 nitrogen and oxygen atoms in total. The van der Waals surface area contributed by atoms with Crippen molar-refractivity contribution in [3.8, 4) is 0 Å². The van der Waals surface area contributed by atoms with Crippen LogP contribution in [-0.2, 0) is 11.0 Å². The minimum atomic E-state index is -1.66. The number of pyridine rings is 1. The molecule has 0 saturated carbocycles. The number of aryl methyl sites for hydroxylation is 2. The fourth-order valence-corrected chi connectivity index (χ4v) is 2.18. The molecule has 0 aliphatic rings. The van der Waals surface area contributed by atoms with E-state index >= 15 is 0 Å². The van der Waals surface area contributed by atoms with Gasteiger partial charge in [-0.15, -0.1) is 0 Å². The predicted octanol–water partition coefficient (Wildman–Crippen LogP) is 4.22. The van der Waals surface area contributed by atoms with E-state index in [1.54, 1.807) is 0 Å². The Hall–Kier alpha value is -0.673. The summed E-state index contributed by atoms with van der Waals surface area (Å²) in [6.07, 6.45) is 0. The van der Waals surface area contributed by atoms with Gasteiger partial charge in [-0.2, -0.15) is 0 Å². The average Bonchev–Trinajstić information content (AvgIpc) is 2.18. The van der Waals surface area contributed by atoms with E-state index in [4.69, 9.17) is 4.43 Å². The summed E-state index contributed by atoms with van der Waals surface area (Å²) in [5, 5.41) is 0.257. The first kappa shape index (κ1) is 14.4. The SMILES string of the molecule is Cc1ccc(CO[Si](C)(C)C(C)(C)C)nc1C. The molecule has 0 unspecified atom stereocenters. The maximum Gasteiger partial charge on any atom is 0.192 e. The van der Waals surface area contributed by atoms with E-state index in [0.717, 1.165) is 11.4 Å². The fraction of sp³-hybridized carbons (Fsp3) is 0.643. The van der Waals surface area contributed by atoms with Crippen LogP contribution in [-0.4, -0.2) is 13.3 Å². The topological polar surface area (TPSA) is 22.1 Å². The molecular weight excluding hydrogens is 226 g/mol. The third-order valence-electron chi connectivity index (χ3n) is 3.79. The highest BCUT2D eigenvalue weighted by Crippen LogP contribution is 2.36. The van der Waals surface area contributed by atoms with Crippen molar-refractivity contribution in [1.29, 1.82) is 0 Å². The summed E-state index contributed by atoms with van der Waals surface area (Å²) in [7, 11) is -1.66. The zero-order valence-electron chi connectivity index (χ0n) is 12.2. The highest BCUT2D eigenvalue weighted by Gasteiger charge is 2.37. The van der Waals surface area contributed by atoms with Gasteiger partial charge < -0.3 is 4.43 Å². The molecule has 0 spiro atoms. The van der Waals surface area contributed by atoms with E-state index in [2.05, 4.69) is 57.9 Å². The van der Waals surface area contributed by atoms with Crippen molar-refractivity contribution in [2.75, 3.05) is 0 Å². The smallest absolute Gasteiger partial charge is 0.192 e. The fourth-order valence-electron chi connectivity index (χ4n) is 1.23. The van der Waals surface area contributed by atoms with Crippen molar-refractivity contribution in [3.05, 3.63) is 29.1 Å². The third kappa shape index (κ3) is 3.65. The number of hydrogen-bond acceptors (Lipinski definition) is 2. The maximum absolute atomic E-state index is 6.15. The molecule has 1 aromatic rings. The number of hydrogen-bond donors (Lipinski definition) is 0. The highest BCUT2D eigenvalue weighted by molar-refractivity contribution is 6.74. The van der Waals surface area contributed by atoms with Crippen LogP contribution in [0.4, 0.5) is 0 Å². The first-order valence-electron chi connectivity index (χ1n) is 6.20. The molecule has 0 saturated heterocycles. The van der Waals surface area contributed by atoms with Gasteiger partial charge in [0.1, 0.15) is 0 Å². The molecule has 0 radical (unpaired) electrons. The van der Waals surface area contributed by atoms with Gasteiger partial charge in [-0.3, -0.25) is 4.98 Å². The standard InChI is InChI=1S/C14H25NOSi/c1-11-8-9-13(15-12(11)2)10-16-17(6,7)14(3,4)5/h8-9H,10H2,1-7H3. The van der Waals surface area contributed by atoms with Crippen molar-refractivity contribution in [2.24, 2.45) is 0 Å². The molecule has 0 aromatic carbocycles. The summed E-state index contributed by atoms with van der Waals surface area (Å²) < 4.78 is 6.15. The van der Waals surface area contributed by atoms with Gasteiger partial charge in [0.15, 0.2) is 8.32 Å². The summed E-state index contributed by atoms with van der Waals surface area (Å²) in [5.41, 5.74) is 3.38. The molecule has 0 N–H and O–H groups in total. The monoisotopic (exact) mass is 251 g/mol. The molecule has 0 amide bonds. The van der Waals surface area contributed by atoms with Gasteiger partial charge in [0.25, 0.3) is 0 Å². The minimum absolute atomic E-state index is 0.257. The second-order valence-electron chi connectivity index (χ2n) is 6.25. The van der Waals surface area contributed by atoms with Crippen LogP contribution in [0.2, 0.25) is 18.1 Å². The van der Waals surface area contributed by atoms with Crippen LogP contribution in [0.15, 0.2) is 12.1 Å². The number of rotatable bonds is 3. The van der Waals surface area contributed by atoms with Gasteiger partial charge in [-0.05, 0) is 43.6 Å². The molecule has 3 heteroatoms. The van der Waals surface area contributed by atoms with Crippen molar-refractivity contribution in [3.63, 3.8) is 0 Å².